The van der Waals surface area contributed by atoms with Crippen molar-refractivity contribution in [2.24, 2.45) is 0 Å². The first-order valence-corrected chi connectivity index (χ1v) is 6.94. The molecule has 2 aromatic carbocycles. The van der Waals surface area contributed by atoms with Crippen LogP contribution < -0.4 is 5.32 Å². The molecule has 0 atom stereocenters. The van der Waals surface area contributed by atoms with E-state index in [1.165, 1.54) is 18.2 Å². The Bertz CT molecular complexity index is 668. The van der Waals surface area contributed by atoms with Gasteiger partial charge in [-0.1, -0.05) is 23.9 Å². The monoisotopic (exact) mass is 308 g/mol. The zero-order valence-electron chi connectivity index (χ0n) is 10.8. The van der Waals surface area contributed by atoms with Crippen molar-refractivity contribution >= 4 is 17.4 Å². The van der Waals surface area contributed by atoms with Crippen LogP contribution in [0, 0.1) is 17.1 Å². The molecule has 2 rings (SSSR count). The molecule has 0 saturated heterocycles. The van der Waals surface area contributed by atoms with Crippen molar-refractivity contribution in [3.63, 3.8) is 0 Å². The number of anilines is 1. The quantitative estimate of drug-likeness (QED) is 0.818. The van der Waals surface area contributed by atoms with Gasteiger partial charge in [0, 0.05) is 22.7 Å². The summed E-state index contributed by atoms with van der Waals surface area (Å²) >= 11 is 0.430. The van der Waals surface area contributed by atoms with Gasteiger partial charge in [-0.25, -0.2) is 4.39 Å². The fourth-order valence-electron chi connectivity index (χ4n) is 1.78. The third-order valence-electron chi connectivity index (χ3n) is 2.75. The van der Waals surface area contributed by atoms with E-state index in [2.05, 4.69) is 5.32 Å². The number of halogens is 3. The van der Waals surface area contributed by atoms with Gasteiger partial charge in [0.25, 0.3) is 5.76 Å². The third kappa shape index (κ3) is 4.17. The number of rotatable bonds is 5. The SMILES string of the molecule is N#Cc1ccc(F)c(CNc2ccccc2SC(F)F)c1. The van der Waals surface area contributed by atoms with Crippen LogP contribution >= 0.6 is 11.8 Å². The lowest BCUT2D eigenvalue weighted by molar-refractivity contribution is 0.252. The highest BCUT2D eigenvalue weighted by Crippen LogP contribution is 2.31. The zero-order chi connectivity index (χ0) is 15.2. The van der Waals surface area contributed by atoms with Crippen LogP contribution in [-0.4, -0.2) is 5.76 Å². The van der Waals surface area contributed by atoms with Gasteiger partial charge in [-0.2, -0.15) is 14.0 Å². The topological polar surface area (TPSA) is 35.8 Å². The van der Waals surface area contributed by atoms with E-state index in [1.807, 2.05) is 6.07 Å². The van der Waals surface area contributed by atoms with Gasteiger partial charge in [-0.15, -0.1) is 0 Å². The van der Waals surface area contributed by atoms with Gasteiger partial charge >= 0.3 is 0 Å². The summed E-state index contributed by atoms with van der Waals surface area (Å²) in [5, 5.41) is 11.7. The second-order valence-corrected chi connectivity index (χ2v) is 5.18. The number of nitrogens with one attached hydrogen (secondary N) is 1. The second kappa shape index (κ2) is 7.04. The number of alkyl halides is 2. The molecule has 2 aromatic rings. The molecular formula is C15H11F3N2S. The van der Waals surface area contributed by atoms with Gasteiger partial charge in [0.2, 0.25) is 0 Å². The Balaban J connectivity index is 2.15. The molecule has 1 N–H and O–H groups in total. The Morgan fingerprint density at radius 2 is 1.95 bits per heavy atom. The van der Waals surface area contributed by atoms with Crippen LogP contribution in [0.4, 0.5) is 18.9 Å². The molecule has 0 radical (unpaired) electrons. The maximum atomic E-state index is 13.6. The molecule has 0 fully saturated rings. The predicted octanol–water partition coefficient (Wildman–Crippen LogP) is 4.62. The molecule has 0 unspecified atom stereocenters. The number of thioether (sulfide) groups is 1. The maximum Gasteiger partial charge on any atom is 0.288 e. The molecule has 0 saturated carbocycles. The van der Waals surface area contributed by atoms with E-state index in [9.17, 15) is 13.2 Å². The van der Waals surface area contributed by atoms with Crippen LogP contribution in [0.2, 0.25) is 0 Å². The average molecular weight is 308 g/mol. The van der Waals surface area contributed by atoms with E-state index < -0.39 is 11.6 Å². The Morgan fingerprint density at radius 1 is 1.19 bits per heavy atom. The van der Waals surface area contributed by atoms with E-state index >= 15 is 0 Å². The predicted molar refractivity (Wildman–Crippen MR) is 76.7 cm³/mol. The highest BCUT2D eigenvalue weighted by molar-refractivity contribution is 7.99. The van der Waals surface area contributed by atoms with E-state index in [4.69, 9.17) is 5.26 Å². The highest BCUT2D eigenvalue weighted by atomic mass is 32.2. The van der Waals surface area contributed by atoms with E-state index in [0.717, 1.165) is 0 Å². The molecule has 0 amide bonds. The van der Waals surface area contributed by atoms with Crippen LogP contribution in [0.25, 0.3) is 0 Å². The first-order valence-electron chi connectivity index (χ1n) is 6.06. The number of para-hydroxylation sites is 1. The van der Waals surface area contributed by atoms with Gasteiger partial charge in [-0.3, -0.25) is 0 Å². The molecule has 0 aliphatic heterocycles. The molecule has 108 valence electrons. The van der Waals surface area contributed by atoms with Crippen molar-refractivity contribution in [2.45, 2.75) is 17.2 Å². The fourth-order valence-corrected chi connectivity index (χ4v) is 2.40. The minimum absolute atomic E-state index is 0.113. The van der Waals surface area contributed by atoms with Crippen LogP contribution in [0.15, 0.2) is 47.4 Å². The standard InChI is InChI=1S/C15H11F3N2S/c16-12-6-5-10(8-19)7-11(12)9-20-13-3-1-2-4-14(13)21-15(17)18/h1-7,15,20H,9H2. The molecular weight excluding hydrogens is 297 g/mol. The molecule has 0 heterocycles. The van der Waals surface area contributed by atoms with Gasteiger partial charge in [0.1, 0.15) is 5.82 Å². The Morgan fingerprint density at radius 3 is 2.67 bits per heavy atom. The minimum atomic E-state index is -2.52. The van der Waals surface area contributed by atoms with E-state index in [0.29, 0.717) is 33.5 Å². The normalized spacial score (nSPS) is 10.4. The van der Waals surface area contributed by atoms with Crippen molar-refractivity contribution in [3.8, 4) is 6.07 Å². The summed E-state index contributed by atoms with van der Waals surface area (Å²) in [7, 11) is 0. The molecule has 0 bridgehead atoms. The summed E-state index contributed by atoms with van der Waals surface area (Å²) in [6, 6.07) is 12.6. The Hall–Kier alpha value is -2.13. The molecule has 0 aromatic heterocycles. The zero-order valence-corrected chi connectivity index (χ0v) is 11.6. The van der Waals surface area contributed by atoms with Crippen molar-refractivity contribution in [3.05, 3.63) is 59.4 Å². The number of nitrogens with zero attached hydrogens (tertiary/aromatic N) is 1. The summed E-state index contributed by atoms with van der Waals surface area (Å²) in [6.07, 6.45) is 0. The van der Waals surface area contributed by atoms with E-state index in [1.54, 1.807) is 24.3 Å². The van der Waals surface area contributed by atoms with E-state index in [-0.39, 0.29) is 6.54 Å². The summed E-state index contributed by atoms with van der Waals surface area (Å²) in [5.74, 6) is -2.97. The Labute approximate surface area is 124 Å². The van der Waals surface area contributed by atoms with Crippen LogP contribution in [0.3, 0.4) is 0 Å². The van der Waals surface area contributed by atoms with Crippen molar-refractivity contribution in [1.82, 2.24) is 0 Å². The van der Waals surface area contributed by atoms with Crippen molar-refractivity contribution < 1.29 is 13.2 Å². The summed E-state index contributed by atoms with van der Waals surface area (Å²) in [6.45, 7) is 0.113. The van der Waals surface area contributed by atoms with Gasteiger partial charge in [0.15, 0.2) is 0 Å². The lowest BCUT2D eigenvalue weighted by Gasteiger charge is -2.12. The molecule has 0 aliphatic rings. The summed E-state index contributed by atoms with van der Waals surface area (Å²) in [4.78, 5) is 0.393. The fraction of sp³-hybridized carbons (Fsp3) is 0.133. The molecule has 6 heteroatoms. The van der Waals surface area contributed by atoms with Gasteiger partial charge < -0.3 is 5.32 Å². The average Bonchev–Trinajstić information content (AvgIpc) is 2.47. The number of hydrogen-bond donors (Lipinski definition) is 1. The number of nitriles is 1. The number of hydrogen-bond acceptors (Lipinski definition) is 3. The molecule has 21 heavy (non-hydrogen) atoms. The van der Waals surface area contributed by atoms with Gasteiger partial charge in [0.05, 0.1) is 11.6 Å². The molecule has 0 aliphatic carbocycles. The largest absolute Gasteiger partial charge is 0.380 e. The second-order valence-electron chi connectivity index (χ2n) is 4.15. The first kappa shape index (κ1) is 15.3. The minimum Gasteiger partial charge on any atom is -0.380 e. The smallest absolute Gasteiger partial charge is 0.288 e. The molecule has 2 nitrogen and oxygen atoms in total. The van der Waals surface area contributed by atoms with Crippen LogP contribution in [0.5, 0.6) is 0 Å². The maximum absolute atomic E-state index is 13.6. The highest BCUT2D eigenvalue weighted by Gasteiger charge is 2.10. The lowest BCUT2D eigenvalue weighted by Crippen LogP contribution is -2.03. The number of benzene rings is 2. The molecule has 0 spiro atoms. The lowest BCUT2D eigenvalue weighted by atomic mass is 10.1. The summed E-state index contributed by atoms with van der Waals surface area (Å²) < 4.78 is 38.6. The van der Waals surface area contributed by atoms with Crippen LogP contribution in [-0.2, 0) is 6.54 Å². The summed E-state index contributed by atoms with van der Waals surface area (Å²) in [5.41, 5.74) is 1.17. The Kier molecular flexibility index (Phi) is 5.12. The van der Waals surface area contributed by atoms with Crippen molar-refractivity contribution in [1.29, 1.82) is 5.26 Å². The first-order chi connectivity index (χ1) is 10.1. The van der Waals surface area contributed by atoms with Gasteiger partial charge in [-0.05, 0) is 30.3 Å². The van der Waals surface area contributed by atoms with Crippen molar-refractivity contribution in [2.75, 3.05) is 5.32 Å². The van der Waals surface area contributed by atoms with Crippen LogP contribution in [0.1, 0.15) is 11.1 Å². The third-order valence-corrected chi connectivity index (χ3v) is 3.54.